The van der Waals surface area contributed by atoms with Crippen molar-refractivity contribution in [2.45, 2.75) is 44.6 Å². The van der Waals surface area contributed by atoms with Gasteiger partial charge in [0.1, 0.15) is 0 Å². The molecule has 0 saturated heterocycles. The van der Waals surface area contributed by atoms with Gasteiger partial charge in [0.05, 0.1) is 26.0 Å². The summed E-state index contributed by atoms with van der Waals surface area (Å²) in [6, 6.07) is 9.87. The van der Waals surface area contributed by atoms with E-state index in [1.165, 1.54) is 42.4 Å². The van der Waals surface area contributed by atoms with Crippen molar-refractivity contribution in [1.82, 2.24) is 5.32 Å². The lowest BCUT2D eigenvalue weighted by atomic mass is 9.90. The molecule has 0 radical (unpaired) electrons. The highest BCUT2D eigenvalue weighted by molar-refractivity contribution is 7.10. The minimum absolute atomic E-state index is 0.0712. The van der Waals surface area contributed by atoms with Crippen molar-refractivity contribution in [3.05, 3.63) is 57.3 Å². The number of amides is 1. The number of fused-ring (bicyclic) bond motifs is 1. The van der Waals surface area contributed by atoms with Crippen molar-refractivity contribution in [2.75, 3.05) is 7.11 Å². The lowest BCUT2D eigenvalue weighted by Crippen LogP contribution is -2.31. The summed E-state index contributed by atoms with van der Waals surface area (Å²) in [6.07, 6.45) is 5.20. The molecule has 132 valence electrons. The van der Waals surface area contributed by atoms with E-state index in [2.05, 4.69) is 17.4 Å². The maximum Gasteiger partial charge on any atom is 0.307 e. The average molecular weight is 357 g/mol. The van der Waals surface area contributed by atoms with Crippen molar-refractivity contribution in [3.63, 3.8) is 0 Å². The maximum absolute atomic E-state index is 12.5. The van der Waals surface area contributed by atoms with Crippen LogP contribution in [-0.2, 0) is 33.6 Å². The molecule has 1 heterocycles. The lowest BCUT2D eigenvalue weighted by Gasteiger charge is -2.18. The highest BCUT2D eigenvalue weighted by Crippen LogP contribution is 2.24. The molecule has 3 rings (SSSR count). The summed E-state index contributed by atoms with van der Waals surface area (Å²) in [7, 11) is 1.36. The van der Waals surface area contributed by atoms with Gasteiger partial charge >= 0.3 is 5.97 Å². The Labute approximate surface area is 152 Å². The number of hydrogen-bond donors (Lipinski definition) is 1. The second-order valence-electron chi connectivity index (χ2n) is 6.40. The SMILES string of the molecule is COC(=O)CC(NC(=O)Cc1ccc2c(c1)CCCC2)c1cccs1. The molecule has 25 heavy (non-hydrogen) atoms. The van der Waals surface area contributed by atoms with Crippen LogP contribution in [0.15, 0.2) is 35.7 Å². The zero-order valence-corrected chi connectivity index (χ0v) is 15.2. The molecule has 1 aromatic carbocycles. The first kappa shape index (κ1) is 17.7. The molecular formula is C20H23NO3S. The molecule has 0 bridgehead atoms. The molecule has 4 nitrogen and oxygen atoms in total. The van der Waals surface area contributed by atoms with Gasteiger partial charge in [-0.1, -0.05) is 24.3 Å². The predicted molar refractivity (Wildman–Crippen MR) is 98.6 cm³/mol. The van der Waals surface area contributed by atoms with Crippen LogP contribution < -0.4 is 5.32 Å². The molecule has 0 spiro atoms. The summed E-state index contributed by atoms with van der Waals surface area (Å²) in [6.45, 7) is 0. The minimum Gasteiger partial charge on any atom is -0.469 e. The zero-order chi connectivity index (χ0) is 17.6. The number of hydrogen-bond acceptors (Lipinski definition) is 4. The number of carbonyl (C=O) groups excluding carboxylic acids is 2. The van der Waals surface area contributed by atoms with Crippen LogP contribution in [0.3, 0.4) is 0 Å². The van der Waals surface area contributed by atoms with Crippen molar-refractivity contribution >= 4 is 23.2 Å². The van der Waals surface area contributed by atoms with Gasteiger partial charge in [-0.15, -0.1) is 11.3 Å². The van der Waals surface area contributed by atoms with Gasteiger partial charge in [-0.25, -0.2) is 0 Å². The molecule has 1 amide bonds. The van der Waals surface area contributed by atoms with E-state index in [4.69, 9.17) is 4.74 Å². The van der Waals surface area contributed by atoms with Crippen LogP contribution in [0.25, 0.3) is 0 Å². The highest BCUT2D eigenvalue weighted by atomic mass is 32.1. The molecule has 1 aromatic heterocycles. The minimum atomic E-state index is -0.336. The van der Waals surface area contributed by atoms with E-state index in [-0.39, 0.29) is 24.3 Å². The monoisotopic (exact) mass is 357 g/mol. The Hall–Kier alpha value is -2.14. The number of methoxy groups -OCH3 is 1. The van der Waals surface area contributed by atoms with Crippen molar-refractivity contribution in [2.24, 2.45) is 0 Å². The van der Waals surface area contributed by atoms with Crippen molar-refractivity contribution in [3.8, 4) is 0 Å². The Morgan fingerprint density at radius 2 is 2.00 bits per heavy atom. The van der Waals surface area contributed by atoms with E-state index in [0.717, 1.165) is 23.3 Å². The summed E-state index contributed by atoms with van der Waals surface area (Å²) in [5.41, 5.74) is 3.82. The van der Waals surface area contributed by atoms with Gasteiger partial charge < -0.3 is 10.1 Å². The zero-order valence-electron chi connectivity index (χ0n) is 14.4. The largest absolute Gasteiger partial charge is 0.469 e. The molecular weight excluding hydrogens is 334 g/mol. The highest BCUT2D eigenvalue weighted by Gasteiger charge is 2.20. The number of aryl methyl sites for hydroxylation is 2. The van der Waals surface area contributed by atoms with E-state index < -0.39 is 0 Å². The number of carbonyl (C=O) groups is 2. The summed E-state index contributed by atoms with van der Waals surface area (Å²) in [4.78, 5) is 25.1. The molecule has 0 aliphatic heterocycles. The number of benzene rings is 1. The number of nitrogens with one attached hydrogen (secondary N) is 1. The van der Waals surface area contributed by atoms with Crippen LogP contribution in [0.5, 0.6) is 0 Å². The molecule has 1 aliphatic rings. The van der Waals surface area contributed by atoms with Gasteiger partial charge in [-0.3, -0.25) is 9.59 Å². The van der Waals surface area contributed by atoms with Gasteiger partial charge in [0.25, 0.3) is 0 Å². The summed E-state index contributed by atoms with van der Waals surface area (Å²) < 4.78 is 4.76. The van der Waals surface area contributed by atoms with Crippen molar-refractivity contribution in [1.29, 1.82) is 0 Å². The van der Waals surface area contributed by atoms with Crippen LogP contribution >= 0.6 is 11.3 Å². The van der Waals surface area contributed by atoms with Gasteiger partial charge in [-0.05, 0) is 53.8 Å². The topological polar surface area (TPSA) is 55.4 Å². The molecule has 1 N–H and O–H groups in total. The van der Waals surface area contributed by atoms with Gasteiger partial charge in [0.15, 0.2) is 0 Å². The van der Waals surface area contributed by atoms with Gasteiger partial charge in [0.2, 0.25) is 5.91 Å². The number of thiophene rings is 1. The average Bonchev–Trinajstić information content (AvgIpc) is 3.15. The summed E-state index contributed by atoms with van der Waals surface area (Å²) >= 11 is 1.53. The predicted octanol–water partition coefficient (Wildman–Crippen LogP) is 3.59. The van der Waals surface area contributed by atoms with Crippen LogP contribution in [-0.4, -0.2) is 19.0 Å². The molecule has 1 aliphatic carbocycles. The summed E-state index contributed by atoms with van der Waals surface area (Å²) in [5.74, 6) is -0.398. The normalized spacial score (nSPS) is 14.4. The van der Waals surface area contributed by atoms with E-state index in [9.17, 15) is 9.59 Å². The molecule has 2 aromatic rings. The Morgan fingerprint density at radius 3 is 2.72 bits per heavy atom. The molecule has 5 heteroatoms. The first-order chi connectivity index (χ1) is 12.2. The number of ether oxygens (including phenoxy) is 1. The van der Waals surface area contributed by atoms with E-state index in [0.29, 0.717) is 6.42 Å². The molecule has 0 fully saturated rings. The lowest BCUT2D eigenvalue weighted by molar-refractivity contribution is -0.141. The molecule has 0 saturated carbocycles. The van der Waals surface area contributed by atoms with E-state index >= 15 is 0 Å². The third-order valence-electron chi connectivity index (χ3n) is 4.60. The smallest absolute Gasteiger partial charge is 0.307 e. The fourth-order valence-electron chi connectivity index (χ4n) is 3.29. The van der Waals surface area contributed by atoms with Crippen LogP contribution in [0, 0.1) is 0 Å². The number of esters is 1. The Kier molecular flexibility index (Phi) is 5.87. The quantitative estimate of drug-likeness (QED) is 0.804. The Morgan fingerprint density at radius 1 is 1.20 bits per heavy atom. The van der Waals surface area contributed by atoms with Gasteiger partial charge in [0, 0.05) is 4.88 Å². The standard InChI is InChI=1S/C20H23NO3S/c1-24-20(23)13-17(18-7-4-10-25-18)21-19(22)12-14-8-9-15-5-2-3-6-16(15)11-14/h4,7-11,17H,2-3,5-6,12-13H2,1H3,(H,21,22). The fourth-order valence-corrected chi connectivity index (χ4v) is 4.07. The first-order valence-electron chi connectivity index (χ1n) is 8.66. The second kappa shape index (κ2) is 8.30. The van der Waals surface area contributed by atoms with Gasteiger partial charge in [-0.2, -0.15) is 0 Å². The van der Waals surface area contributed by atoms with Crippen LogP contribution in [0.2, 0.25) is 0 Å². The van der Waals surface area contributed by atoms with Crippen LogP contribution in [0.4, 0.5) is 0 Å². The Bertz CT molecular complexity index is 739. The second-order valence-corrected chi connectivity index (χ2v) is 7.38. The number of rotatable bonds is 6. The van der Waals surface area contributed by atoms with E-state index in [1.807, 2.05) is 23.6 Å². The van der Waals surface area contributed by atoms with Crippen LogP contribution in [0.1, 0.15) is 46.9 Å². The first-order valence-corrected chi connectivity index (χ1v) is 9.54. The third-order valence-corrected chi connectivity index (χ3v) is 5.58. The molecule has 1 atom stereocenters. The Balaban J connectivity index is 1.66. The van der Waals surface area contributed by atoms with Crippen molar-refractivity contribution < 1.29 is 14.3 Å². The molecule has 1 unspecified atom stereocenters. The summed E-state index contributed by atoms with van der Waals surface area (Å²) in [5, 5.41) is 4.92. The van der Waals surface area contributed by atoms with E-state index in [1.54, 1.807) is 0 Å². The fraction of sp³-hybridized carbons (Fsp3) is 0.400. The maximum atomic E-state index is 12.5. The third kappa shape index (κ3) is 4.69.